The number of carbonyl (C=O) groups is 4. The van der Waals surface area contributed by atoms with Crippen LogP contribution < -0.4 is 16.0 Å². The van der Waals surface area contributed by atoms with Crippen molar-refractivity contribution in [1.82, 2.24) is 10.2 Å². The molecule has 1 fully saturated rings. The van der Waals surface area contributed by atoms with Crippen molar-refractivity contribution in [3.05, 3.63) is 94.5 Å². The Morgan fingerprint density at radius 3 is 2.67 bits per heavy atom. The first-order valence-electron chi connectivity index (χ1n) is 12.6. The predicted octanol–water partition coefficient (Wildman–Crippen LogP) is 4.55. The number of nitrogens with one attached hydrogen (secondary N) is 3. The fraction of sp³-hybridized carbons (Fsp3) is 0.241. The van der Waals surface area contributed by atoms with Crippen molar-refractivity contribution in [2.24, 2.45) is 0 Å². The van der Waals surface area contributed by atoms with Gasteiger partial charge in [0.2, 0.25) is 5.91 Å². The molecule has 2 aliphatic rings. The van der Waals surface area contributed by atoms with Gasteiger partial charge >= 0.3 is 12.2 Å². The van der Waals surface area contributed by atoms with Gasteiger partial charge in [-0.2, -0.15) is 0 Å². The molecule has 4 amide bonds. The van der Waals surface area contributed by atoms with E-state index in [0.717, 1.165) is 5.56 Å². The first-order chi connectivity index (χ1) is 19.3. The number of methoxy groups -OCH3 is 1. The summed E-state index contributed by atoms with van der Waals surface area (Å²) in [6.45, 7) is 0.435. The molecule has 1 unspecified atom stereocenters. The van der Waals surface area contributed by atoms with Crippen molar-refractivity contribution < 1.29 is 28.7 Å². The third-order valence-corrected chi connectivity index (χ3v) is 7.22. The normalized spacial score (nSPS) is 18.2. The summed E-state index contributed by atoms with van der Waals surface area (Å²) in [7, 11) is 1.24. The molecule has 0 saturated carbocycles. The number of benzene rings is 3. The summed E-state index contributed by atoms with van der Waals surface area (Å²) in [5.41, 5.74) is 1.73. The first kappa shape index (κ1) is 27.0. The third-order valence-electron chi connectivity index (χ3n) is 6.98. The molecular weight excluding hydrogens is 536 g/mol. The van der Waals surface area contributed by atoms with Crippen LogP contribution in [0.4, 0.5) is 21.0 Å². The molecule has 3 N–H and O–H groups in total. The van der Waals surface area contributed by atoms with Gasteiger partial charge < -0.3 is 19.7 Å². The van der Waals surface area contributed by atoms with Gasteiger partial charge in [0.25, 0.3) is 5.91 Å². The summed E-state index contributed by atoms with van der Waals surface area (Å²) in [6, 6.07) is 19.9. The third kappa shape index (κ3) is 5.72. The van der Waals surface area contributed by atoms with Gasteiger partial charge in [-0.15, -0.1) is 0 Å². The largest absolute Gasteiger partial charge is 0.453 e. The molecule has 2 atom stereocenters. The smallest absolute Gasteiger partial charge is 0.412 e. The lowest BCUT2D eigenvalue weighted by atomic mass is 9.90. The molecule has 0 aliphatic carbocycles. The molecule has 0 aromatic heterocycles. The van der Waals surface area contributed by atoms with Crippen molar-refractivity contribution in [1.29, 1.82) is 0 Å². The molecule has 40 heavy (non-hydrogen) atoms. The number of anilines is 2. The lowest BCUT2D eigenvalue weighted by Gasteiger charge is -2.35. The van der Waals surface area contributed by atoms with Crippen molar-refractivity contribution in [3.63, 3.8) is 0 Å². The van der Waals surface area contributed by atoms with Crippen LogP contribution in [0.15, 0.2) is 72.8 Å². The van der Waals surface area contributed by atoms with Gasteiger partial charge in [-0.3, -0.25) is 20.2 Å². The van der Waals surface area contributed by atoms with Crippen molar-refractivity contribution in [2.45, 2.75) is 24.5 Å². The quantitative estimate of drug-likeness (QED) is 0.405. The summed E-state index contributed by atoms with van der Waals surface area (Å²) in [5.74, 6) is -0.793. The highest BCUT2D eigenvalue weighted by atomic mass is 35.5. The fourth-order valence-electron chi connectivity index (χ4n) is 5.06. The number of hydrogen-bond acceptors (Lipinski definition) is 6. The fourth-order valence-corrected chi connectivity index (χ4v) is 5.23. The Morgan fingerprint density at radius 2 is 1.90 bits per heavy atom. The van der Waals surface area contributed by atoms with Crippen molar-refractivity contribution in [2.75, 3.05) is 30.8 Å². The molecule has 1 spiro atoms. The number of carbonyl (C=O) groups excluding carboxylic acids is 4. The Bertz CT molecular complexity index is 1470. The first-order valence-corrected chi connectivity index (χ1v) is 13.0. The number of hydrogen-bond donors (Lipinski definition) is 3. The zero-order valence-electron chi connectivity index (χ0n) is 21.6. The molecule has 2 heterocycles. The van der Waals surface area contributed by atoms with Gasteiger partial charge in [0.15, 0.2) is 5.60 Å². The number of fused-ring (bicyclic) bond motifs is 2. The zero-order chi connectivity index (χ0) is 28.3. The van der Waals surface area contributed by atoms with Crippen LogP contribution in [-0.2, 0) is 26.3 Å². The zero-order valence-corrected chi connectivity index (χ0v) is 22.4. The standard InChI is InChI=1S/C29H27ClN4O6/c1-39-27(37)31-21-9-5-8-19(15-21)25(35)32-24(14-18-6-3-2-4-7-18)26(36)34-13-12-29(17-34)22-16-20(30)10-11-23(22)33-28(38)40-29/h2-11,15-16,24H,12-14,17H2,1H3,(H,31,37)(H,32,35)(H,33,38)/t24-,29?/m0/s1. The Morgan fingerprint density at radius 1 is 1.10 bits per heavy atom. The van der Waals surface area contributed by atoms with E-state index in [9.17, 15) is 19.2 Å². The molecule has 3 aromatic carbocycles. The molecule has 0 radical (unpaired) electrons. The molecule has 11 heteroatoms. The number of likely N-dealkylation sites (tertiary alicyclic amines) is 1. The van der Waals surface area contributed by atoms with E-state index in [1.165, 1.54) is 13.2 Å². The van der Waals surface area contributed by atoms with E-state index in [2.05, 4.69) is 20.7 Å². The molecular formula is C29H27ClN4O6. The summed E-state index contributed by atoms with van der Waals surface area (Å²) in [5, 5.41) is 8.56. The van der Waals surface area contributed by atoms with Crippen LogP contribution in [0.2, 0.25) is 5.02 Å². The lowest BCUT2D eigenvalue weighted by molar-refractivity contribution is -0.133. The topological polar surface area (TPSA) is 126 Å². The van der Waals surface area contributed by atoms with Crippen molar-refractivity contribution in [3.8, 4) is 0 Å². The molecule has 2 aliphatic heterocycles. The maximum Gasteiger partial charge on any atom is 0.412 e. The van der Waals surface area contributed by atoms with E-state index in [-0.39, 0.29) is 24.4 Å². The Labute approximate surface area is 235 Å². The van der Waals surface area contributed by atoms with Crippen LogP contribution in [-0.4, -0.2) is 55.1 Å². The summed E-state index contributed by atoms with van der Waals surface area (Å²) in [6.07, 6.45) is -0.635. The van der Waals surface area contributed by atoms with Crippen LogP contribution in [0.5, 0.6) is 0 Å². The molecule has 206 valence electrons. The maximum absolute atomic E-state index is 13.9. The van der Waals surface area contributed by atoms with E-state index in [0.29, 0.717) is 34.9 Å². The highest BCUT2D eigenvalue weighted by Gasteiger charge is 2.49. The van der Waals surface area contributed by atoms with E-state index < -0.39 is 29.7 Å². The molecule has 3 aromatic rings. The number of nitrogens with zero attached hydrogens (tertiary/aromatic N) is 1. The average Bonchev–Trinajstić information content (AvgIpc) is 3.37. The van der Waals surface area contributed by atoms with Gasteiger partial charge in [0, 0.05) is 41.2 Å². The Kier molecular flexibility index (Phi) is 7.61. The summed E-state index contributed by atoms with van der Waals surface area (Å²) in [4.78, 5) is 52.8. The number of ether oxygens (including phenoxy) is 2. The van der Waals surface area contributed by atoms with Gasteiger partial charge in [0.05, 0.1) is 19.3 Å². The lowest BCUT2D eigenvalue weighted by Crippen LogP contribution is -2.50. The van der Waals surface area contributed by atoms with E-state index >= 15 is 0 Å². The Hall–Kier alpha value is -4.57. The van der Waals surface area contributed by atoms with E-state index in [4.69, 9.17) is 16.3 Å². The average molecular weight is 563 g/mol. The van der Waals surface area contributed by atoms with Crippen LogP contribution in [0, 0.1) is 0 Å². The van der Waals surface area contributed by atoms with Gasteiger partial charge in [-0.05, 0) is 42.0 Å². The summed E-state index contributed by atoms with van der Waals surface area (Å²) >= 11 is 6.25. The molecule has 10 nitrogen and oxygen atoms in total. The van der Waals surface area contributed by atoms with Crippen LogP contribution >= 0.6 is 11.6 Å². The number of halogens is 1. The molecule has 5 rings (SSSR count). The van der Waals surface area contributed by atoms with Gasteiger partial charge in [0.1, 0.15) is 6.04 Å². The SMILES string of the molecule is COC(=O)Nc1cccc(C(=O)N[C@@H](Cc2ccccc2)C(=O)N2CCC3(C2)OC(=O)Nc2ccc(Cl)cc23)c1. The Balaban J connectivity index is 1.38. The predicted molar refractivity (Wildman–Crippen MR) is 148 cm³/mol. The maximum atomic E-state index is 13.9. The molecule has 0 bridgehead atoms. The minimum absolute atomic E-state index is 0.117. The van der Waals surface area contributed by atoms with Crippen molar-refractivity contribution >= 4 is 47.0 Å². The van der Waals surface area contributed by atoms with Crippen LogP contribution in [0.1, 0.15) is 27.9 Å². The minimum atomic E-state index is -1.05. The highest BCUT2D eigenvalue weighted by molar-refractivity contribution is 6.30. The minimum Gasteiger partial charge on any atom is -0.453 e. The van der Waals surface area contributed by atoms with Crippen LogP contribution in [0.3, 0.4) is 0 Å². The monoisotopic (exact) mass is 562 g/mol. The summed E-state index contributed by atoms with van der Waals surface area (Å²) < 4.78 is 10.4. The van der Waals surface area contributed by atoms with Crippen LogP contribution in [0.25, 0.3) is 0 Å². The second-order valence-electron chi connectivity index (χ2n) is 9.62. The van der Waals surface area contributed by atoms with E-state index in [1.807, 2.05) is 30.3 Å². The van der Waals surface area contributed by atoms with Gasteiger partial charge in [-0.25, -0.2) is 9.59 Å². The van der Waals surface area contributed by atoms with E-state index in [1.54, 1.807) is 41.3 Å². The van der Waals surface area contributed by atoms with Gasteiger partial charge in [-0.1, -0.05) is 48.0 Å². The molecule has 1 saturated heterocycles. The second kappa shape index (κ2) is 11.3. The number of amides is 4. The second-order valence-corrected chi connectivity index (χ2v) is 10.1. The number of rotatable bonds is 6. The highest BCUT2D eigenvalue weighted by Crippen LogP contribution is 2.43.